The number of hydrogen-bond acceptors (Lipinski definition) is 3. The highest BCUT2D eigenvalue weighted by Crippen LogP contribution is 2.37. The minimum absolute atomic E-state index is 0.227. The van der Waals surface area contributed by atoms with E-state index in [1.807, 2.05) is 0 Å². The summed E-state index contributed by atoms with van der Waals surface area (Å²) in [5.41, 5.74) is 1.73. The monoisotopic (exact) mass is 358 g/mol. The summed E-state index contributed by atoms with van der Waals surface area (Å²) in [5.74, 6) is 2.03. The molecule has 3 heteroatoms. The third-order valence-corrected chi connectivity index (χ3v) is 6.19. The van der Waals surface area contributed by atoms with E-state index in [0.29, 0.717) is 24.0 Å². The maximum atomic E-state index is 5.88. The Hall–Kier alpha value is -0.900. The maximum Gasteiger partial charge on any atom is 0.0519 e. The van der Waals surface area contributed by atoms with E-state index in [2.05, 4.69) is 75.2 Å². The van der Waals surface area contributed by atoms with Crippen molar-refractivity contribution in [2.24, 2.45) is 11.8 Å². The molecule has 1 N–H and O–H groups in total. The van der Waals surface area contributed by atoms with Crippen LogP contribution in [-0.4, -0.2) is 48.8 Å². The van der Waals surface area contributed by atoms with Gasteiger partial charge in [-0.25, -0.2) is 0 Å². The molecule has 2 saturated heterocycles. The Kier molecular flexibility index (Phi) is 6.42. The summed E-state index contributed by atoms with van der Waals surface area (Å²) in [6.07, 6.45) is 2.89. The zero-order valence-corrected chi connectivity index (χ0v) is 17.4. The molecule has 0 bridgehead atoms. The van der Waals surface area contributed by atoms with Crippen LogP contribution in [0.15, 0.2) is 30.3 Å². The van der Waals surface area contributed by atoms with Crippen LogP contribution >= 0.6 is 0 Å². The van der Waals surface area contributed by atoms with Crippen molar-refractivity contribution in [2.45, 2.75) is 71.1 Å². The van der Waals surface area contributed by atoms with Crippen LogP contribution in [0.4, 0.5) is 0 Å². The van der Waals surface area contributed by atoms with Crippen LogP contribution in [0.1, 0.15) is 58.9 Å². The molecular formula is C23H38N2O. The SMILES string of the molecule is CC(C)OCC1CNC(C2CC(c3ccccc3)CN(C(C)(C)C)C2)C1. The molecule has 0 aromatic heterocycles. The molecule has 1 aromatic carbocycles. The normalized spacial score (nSPS) is 30.8. The van der Waals surface area contributed by atoms with E-state index >= 15 is 0 Å². The van der Waals surface area contributed by atoms with Gasteiger partial charge >= 0.3 is 0 Å². The van der Waals surface area contributed by atoms with Crippen molar-refractivity contribution in [2.75, 3.05) is 26.2 Å². The summed E-state index contributed by atoms with van der Waals surface area (Å²) in [5, 5.41) is 3.84. The van der Waals surface area contributed by atoms with Gasteiger partial charge in [0.1, 0.15) is 0 Å². The number of likely N-dealkylation sites (tertiary alicyclic amines) is 1. The van der Waals surface area contributed by atoms with Crippen molar-refractivity contribution in [1.82, 2.24) is 10.2 Å². The summed E-state index contributed by atoms with van der Waals surface area (Å²) in [6, 6.07) is 11.8. The minimum atomic E-state index is 0.227. The molecule has 2 heterocycles. The first-order valence-corrected chi connectivity index (χ1v) is 10.5. The maximum absolute atomic E-state index is 5.88. The summed E-state index contributed by atoms with van der Waals surface area (Å²) in [4.78, 5) is 2.71. The average molecular weight is 359 g/mol. The number of piperidine rings is 1. The van der Waals surface area contributed by atoms with Gasteiger partial charge in [0.15, 0.2) is 0 Å². The lowest BCUT2D eigenvalue weighted by Gasteiger charge is -2.46. The third kappa shape index (κ3) is 5.09. The van der Waals surface area contributed by atoms with Gasteiger partial charge in [0.2, 0.25) is 0 Å². The lowest BCUT2D eigenvalue weighted by Crippen LogP contribution is -2.53. The molecule has 3 nitrogen and oxygen atoms in total. The number of benzene rings is 1. The number of hydrogen-bond donors (Lipinski definition) is 1. The molecule has 4 atom stereocenters. The van der Waals surface area contributed by atoms with Gasteiger partial charge in [-0.2, -0.15) is 0 Å². The summed E-state index contributed by atoms with van der Waals surface area (Å²) in [7, 11) is 0. The quantitative estimate of drug-likeness (QED) is 0.849. The Balaban J connectivity index is 1.68. The minimum Gasteiger partial charge on any atom is -0.378 e. The lowest BCUT2D eigenvalue weighted by molar-refractivity contribution is 0.0466. The second kappa shape index (κ2) is 8.41. The van der Waals surface area contributed by atoms with Gasteiger partial charge in [-0.1, -0.05) is 30.3 Å². The van der Waals surface area contributed by atoms with Crippen LogP contribution in [0.2, 0.25) is 0 Å². The van der Waals surface area contributed by atoms with E-state index in [9.17, 15) is 0 Å². The van der Waals surface area contributed by atoms with Crippen molar-refractivity contribution in [3.05, 3.63) is 35.9 Å². The van der Waals surface area contributed by atoms with Crippen molar-refractivity contribution in [3.63, 3.8) is 0 Å². The number of ether oxygens (including phenoxy) is 1. The topological polar surface area (TPSA) is 24.5 Å². The molecule has 0 saturated carbocycles. The van der Waals surface area contributed by atoms with E-state index < -0.39 is 0 Å². The average Bonchev–Trinajstić information content (AvgIpc) is 3.09. The molecule has 2 aliphatic heterocycles. The molecule has 1 aromatic rings. The van der Waals surface area contributed by atoms with Crippen molar-refractivity contribution < 1.29 is 4.74 Å². The highest BCUT2D eigenvalue weighted by atomic mass is 16.5. The van der Waals surface area contributed by atoms with Crippen LogP contribution in [0, 0.1) is 11.8 Å². The summed E-state index contributed by atoms with van der Waals surface area (Å²) in [6.45, 7) is 15.7. The van der Waals surface area contributed by atoms with Gasteiger partial charge in [-0.05, 0) is 70.8 Å². The van der Waals surface area contributed by atoms with Gasteiger partial charge in [0.25, 0.3) is 0 Å². The molecule has 2 aliphatic rings. The van der Waals surface area contributed by atoms with Gasteiger partial charge in [-0.15, -0.1) is 0 Å². The van der Waals surface area contributed by atoms with Gasteiger partial charge in [-0.3, -0.25) is 4.90 Å². The van der Waals surface area contributed by atoms with E-state index in [-0.39, 0.29) is 5.54 Å². The predicted octanol–water partition coefficient (Wildman–Crippen LogP) is 4.29. The van der Waals surface area contributed by atoms with Gasteiger partial charge in [0.05, 0.1) is 12.7 Å². The highest BCUT2D eigenvalue weighted by Gasteiger charge is 2.39. The largest absolute Gasteiger partial charge is 0.378 e. The Morgan fingerprint density at radius 1 is 1.12 bits per heavy atom. The van der Waals surface area contributed by atoms with Gasteiger partial charge in [0, 0.05) is 31.2 Å². The Labute approximate surface area is 160 Å². The van der Waals surface area contributed by atoms with Crippen molar-refractivity contribution >= 4 is 0 Å². The smallest absolute Gasteiger partial charge is 0.0519 e. The van der Waals surface area contributed by atoms with Crippen LogP contribution in [-0.2, 0) is 4.74 Å². The molecular weight excluding hydrogens is 320 g/mol. The van der Waals surface area contributed by atoms with Crippen LogP contribution < -0.4 is 5.32 Å². The molecule has 3 rings (SSSR count). The molecule has 0 spiro atoms. The molecule has 2 fully saturated rings. The molecule has 146 valence electrons. The molecule has 0 radical (unpaired) electrons. The highest BCUT2D eigenvalue weighted by molar-refractivity contribution is 5.21. The molecule has 4 unspecified atom stereocenters. The van der Waals surface area contributed by atoms with Crippen LogP contribution in [0.5, 0.6) is 0 Å². The summed E-state index contributed by atoms with van der Waals surface area (Å²) < 4.78 is 5.88. The van der Waals surface area contributed by atoms with Crippen LogP contribution in [0.3, 0.4) is 0 Å². The second-order valence-electron chi connectivity index (χ2n) is 9.68. The zero-order chi connectivity index (χ0) is 18.7. The number of nitrogens with zero attached hydrogens (tertiary/aromatic N) is 1. The van der Waals surface area contributed by atoms with E-state index in [1.54, 1.807) is 0 Å². The lowest BCUT2D eigenvalue weighted by atomic mass is 9.78. The zero-order valence-electron chi connectivity index (χ0n) is 17.4. The van der Waals surface area contributed by atoms with Crippen molar-refractivity contribution in [1.29, 1.82) is 0 Å². The first-order chi connectivity index (χ1) is 12.3. The second-order valence-corrected chi connectivity index (χ2v) is 9.68. The molecule has 0 aliphatic carbocycles. The fourth-order valence-electron chi connectivity index (χ4n) is 4.60. The first kappa shape index (κ1) is 19.9. The van der Waals surface area contributed by atoms with E-state index in [1.165, 1.54) is 31.5 Å². The summed E-state index contributed by atoms with van der Waals surface area (Å²) >= 11 is 0. The number of nitrogens with one attached hydrogen (secondary N) is 1. The fraction of sp³-hybridized carbons (Fsp3) is 0.739. The fourth-order valence-corrected chi connectivity index (χ4v) is 4.60. The van der Waals surface area contributed by atoms with E-state index in [4.69, 9.17) is 4.74 Å². The Morgan fingerprint density at radius 3 is 2.50 bits per heavy atom. The molecule has 26 heavy (non-hydrogen) atoms. The number of rotatable bonds is 5. The first-order valence-electron chi connectivity index (χ1n) is 10.5. The van der Waals surface area contributed by atoms with E-state index in [0.717, 1.165) is 19.1 Å². The Morgan fingerprint density at radius 2 is 1.85 bits per heavy atom. The standard InChI is InChI=1S/C23H38N2O/c1-17(2)26-16-18-11-22(24-13-18)21-12-20(19-9-7-6-8-10-19)14-25(15-21)23(3,4)5/h6-10,17-18,20-22,24H,11-16H2,1-5H3. The predicted molar refractivity (Wildman–Crippen MR) is 110 cm³/mol. The van der Waals surface area contributed by atoms with Crippen LogP contribution in [0.25, 0.3) is 0 Å². The van der Waals surface area contributed by atoms with Gasteiger partial charge < -0.3 is 10.1 Å². The third-order valence-electron chi connectivity index (χ3n) is 6.19. The Bertz CT molecular complexity index is 551. The molecule has 0 amide bonds. The van der Waals surface area contributed by atoms with Crippen molar-refractivity contribution in [3.8, 4) is 0 Å².